The average Bonchev–Trinajstić information content (AvgIpc) is 2.59. The number of carbonyl (C=O) groups excluding carboxylic acids is 1. The highest BCUT2D eigenvalue weighted by Crippen LogP contribution is 2.32. The summed E-state index contributed by atoms with van der Waals surface area (Å²) in [5.41, 5.74) is 4.77. The number of aryl methyl sites for hydroxylation is 3. The van der Waals surface area contributed by atoms with Crippen molar-refractivity contribution in [2.75, 3.05) is 7.11 Å². The quantitative estimate of drug-likeness (QED) is 0.767. The number of carbonyl (C=O) groups is 1. The molecule has 1 aromatic carbocycles. The maximum absolute atomic E-state index is 12.3. The molecule has 2 rings (SSSR count). The van der Waals surface area contributed by atoms with Crippen LogP contribution in [0.1, 0.15) is 52.6 Å². The zero-order chi connectivity index (χ0) is 17.7. The van der Waals surface area contributed by atoms with E-state index in [-0.39, 0.29) is 0 Å². The second-order valence-electron chi connectivity index (χ2n) is 5.84. The van der Waals surface area contributed by atoms with Gasteiger partial charge in [0.2, 0.25) is 0 Å². The molecule has 2 aromatic rings. The molecule has 0 unspecified atom stereocenters. The summed E-state index contributed by atoms with van der Waals surface area (Å²) in [5, 5.41) is 9.74. The monoisotopic (exact) mass is 322 g/mol. The number of nitriles is 1. The molecule has 0 fully saturated rings. The molecule has 124 valence electrons. The molecule has 0 atom stereocenters. The van der Waals surface area contributed by atoms with Gasteiger partial charge in [0.15, 0.2) is 0 Å². The fourth-order valence-corrected chi connectivity index (χ4v) is 2.77. The van der Waals surface area contributed by atoms with E-state index in [4.69, 9.17) is 4.74 Å². The Hall–Kier alpha value is -2.67. The topological polar surface area (TPSA) is 63.0 Å². The lowest BCUT2D eigenvalue weighted by Crippen LogP contribution is -2.12. The van der Waals surface area contributed by atoms with Crippen LogP contribution < -0.4 is 0 Å². The lowest BCUT2D eigenvalue weighted by Gasteiger charge is -2.16. The summed E-state index contributed by atoms with van der Waals surface area (Å²) < 4.78 is 4.94. The van der Waals surface area contributed by atoms with E-state index in [0.29, 0.717) is 22.4 Å². The Morgan fingerprint density at radius 1 is 1.25 bits per heavy atom. The molecular weight excluding hydrogens is 300 g/mol. The minimum Gasteiger partial charge on any atom is -0.465 e. The summed E-state index contributed by atoms with van der Waals surface area (Å²) in [7, 11) is 1.34. The van der Waals surface area contributed by atoms with E-state index in [1.807, 2.05) is 31.2 Å². The van der Waals surface area contributed by atoms with Gasteiger partial charge in [0.25, 0.3) is 0 Å². The second kappa shape index (κ2) is 7.74. The molecule has 0 radical (unpaired) electrons. The number of unbranched alkanes of at least 4 members (excludes halogenated alkanes) is 1. The third kappa shape index (κ3) is 3.46. The van der Waals surface area contributed by atoms with Crippen LogP contribution in [0.3, 0.4) is 0 Å². The third-order valence-electron chi connectivity index (χ3n) is 4.06. The zero-order valence-corrected chi connectivity index (χ0v) is 14.6. The molecule has 0 spiro atoms. The maximum atomic E-state index is 12.3. The van der Waals surface area contributed by atoms with E-state index in [1.165, 1.54) is 7.11 Å². The number of hydrogen-bond acceptors (Lipinski definition) is 4. The summed E-state index contributed by atoms with van der Waals surface area (Å²) >= 11 is 0. The standard InChI is InChI=1S/C20H22N2O2/c1-5-6-7-17-16(12-21)19(15-10-8-13(2)9-11-15)18(14(3)22-17)20(23)24-4/h8-11H,5-7H2,1-4H3. The summed E-state index contributed by atoms with van der Waals surface area (Å²) in [5.74, 6) is -0.464. The van der Waals surface area contributed by atoms with Crippen LogP contribution in [0.25, 0.3) is 11.1 Å². The minimum atomic E-state index is -0.464. The Bertz CT molecular complexity index is 787. The van der Waals surface area contributed by atoms with Crippen LogP contribution in [0.5, 0.6) is 0 Å². The smallest absolute Gasteiger partial charge is 0.340 e. The molecule has 0 amide bonds. The Morgan fingerprint density at radius 2 is 1.92 bits per heavy atom. The Kier molecular flexibility index (Phi) is 5.70. The molecule has 0 aliphatic carbocycles. The highest BCUT2D eigenvalue weighted by Gasteiger charge is 2.24. The lowest BCUT2D eigenvalue weighted by atomic mass is 9.91. The van der Waals surface area contributed by atoms with Gasteiger partial charge < -0.3 is 4.74 Å². The van der Waals surface area contributed by atoms with Gasteiger partial charge in [0.05, 0.1) is 29.6 Å². The number of rotatable bonds is 5. The normalized spacial score (nSPS) is 10.3. The minimum absolute atomic E-state index is 0.373. The third-order valence-corrected chi connectivity index (χ3v) is 4.06. The van der Waals surface area contributed by atoms with Gasteiger partial charge >= 0.3 is 5.97 Å². The SMILES string of the molecule is CCCCc1nc(C)c(C(=O)OC)c(-c2ccc(C)cc2)c1C#N. The van der Waals surface area contributed by atoms with Gasteiger partial charge in [-0.05, 0) is 32.3 Å². The Labute approximate surface area is 143 Å². The van der Waals surface area contributed by atoms with Gasteiger partial charge in [0.1, 0.15) is 6.07 Å². The molecule has 4 heteroatoms. The number of benzene rings is 1. The van der Waals surface area contributed by atoms with Crippen molar-refractivity contribution in [1.29, 1.82) is 5.26 Å². The number of aromatic nitrogens is 1. The van der Waals surface area contributed by atoms with Gasteiger partial charge in [-0.2, -0.15) is 5.26 Å². The van der Waals surface area contributed by atoms with Crippen LogP contribution in [-0.2, 0) is 11.2 Å². The van der Waals surface area contributed by atoms with Crippen LogP contribution >= 0.6 is 0 Å². The maximum Gasteiger partial charge on any atom is 0.340 e. The van der Waals surface area contributed by atoms with Gasteiger partial charge in [-0.3, -0.25) is 4.98 Å². The number of hydrogen-bond donors (Lipinski definition) is 0. The first-order valence-electron chi connectivity index (χ1n) is 8.12. The van der Waals surface area contributed by atoms with Gasteiger partial charge in [-0.15, -0.1) is 0 Å². The number of esters is 1. The van der Waals surface area contributed by atoms with E-state index >= 15 is 0 Å². The van der Waals surface area contributed by atoms with Crippen molar-refractivity contribution in [2.24, 2.45) is 0 Å². The van der Waals surface area contributed by atoms with Crippen LogP contribution in [0, 0.1) is 25.2 Å². The average molecular weight is 322 g/mol. The van der Waals surface area contributed by atoms with Gasteiger partial charge in [-0.25, -0.2) is 4.79 Å². The molecule has 24 heavy (non-hydrogen) atoms. The van der Waals surface area contributed by atoms with Crippen molar-refractivity contribution in [3.05, 3.63) is 52.3 Å². The van der Waals surface area contributed by atoms with E-state index in [1.54, 1.807) is 6.92 Å². The number of ether oxygens (including phenoxy) is 1. The van der Waals surface area contributed by atoms with Crippen molar-refractivity contribution >= 4 is 5.97 Å². The van der Waals surface area contributed by atoms with Crippen LogP contribution in [0.4, 0.5) is 0 Å². The van der Waals surface area contributed by atoms with E-state index in [0.717, 1.165) is 36.1 Å². The number of pyridine rings is 1. The molecule has 1 heterocycles. The molecule has 1 aromatic heterocycles. The van der Waals surface area contributed by atoms with Crippen LogP contribution in [0.2, 0.25) is 0 Å². The molecule has 0 N–H and O–H groups in total. The predicted molar refractivity (Wildman–Crippen MR) is 93.8 cm³/mol. The first kappa shape index (κ1) is 17.7. The molecule has 0 bridgehead atoms. The summed E-state index contributed by atoms with van der Waals surface area (Å²) in [6.07, 6.45) is 2.69. The Morgan fingerprint density at radius 3 is 2.46 bits per heavy atom. The first-order chi connectivity index (χ1) is 11.5. The zero-order valence-electron chi connectivity index (χ0n) is 14.6. The summed E-state index contributed by atoms with van der Waals surface area (Å²) in [4.78, 5) is 16.8. The Balaban J connectivity index is 2.79. The molecule has 0 saturated heterocycles. The summed E-state index contributed by atoms with van der Waals surface area (Å²) in [6, 6.07) is 10.1. The van der Waals surface area contributed by atoms with Crippen molar-refractivity contribution in [3.63, 3.8) is 0 Å². The first-order valence-corrected chi connectivity index (χ1v) is 8.12. The second-order valence-corrected chi connectivity index (χ2v) is 5.84. The van der Waals surface area contributed by atoms with Gasteiger partial charge in [-0.1, -0.05) is 43.2 Å². The predicted octanol–water partition coefficient (Wildman–Crippen LogP) is 4.37. The molecule has 0 aliphatic heterocycles. The highest BCUT2D eigenvalue weighted by molar-refractivity contribution is 6.00. The number of nitrogens with zero attached hydrogens (tertiary/aromatic N) is 2. The molecular formula is C20H22N2O2. The van der Waals surface area contributed by atoms with Gasteiger partial charge in [0, 0.05) is 5.56 Å². The van der Waals surface area contributed by atoms with E-state index in [9.17, 15) is 10.1 Å². The van der Waals surface area contributed by atoms with Crippen molar-refractivity contribution in [3.8, 4) is 17.2 Å². The van der Waals surface area contributed by atoms with Crippen molar-refractivity contribution in [2.45, 2.75) is 40.0 Å². The van der Waals surface area contributed by atoms with E-state index in [2.05, 4.69) is 18.0 Å². The fraction of sp³-hybridized carbons (Fsp3) is 0.350. The highest BCUT2D eigenvalue weighted by atomic mass is 16.5. The summed E-state index contributed by atoms with van der Waals surface area (Å²) in [6.45, 7) is 5.89. The fourth-order valence-electron chi connectivity index (χ4n) is 2.77. The lowest BCUT2D eigenvalue weighted by molar-refractivity contribution is 0.0600. The molecule has 0 saturated carbocycles. The van der Waals surface area contributed by atoms with Crippen LogP contribution in [-0.4, -0.2) is 18.1 Å². The van der Waals surface area contributed by atoms with Crippen LogP contribution in [0.15, 0.2) is 24.3 Å². The molecule has 0 aliphatic rings. The van der Waals surface area contributed by atoms with E-state index < -0.39 is 5.97 Å². The number of methoxy groups -OCH3 is 1. The largest absolute Gasteiger partial charge is 0.465 e. The van der Waals surface area contributed by atoms with Crippen molar-refractivity contribution < 1.29 is 9.53 Å². The molecule has 4 nitrogen and oxygen atoms in total. The van der Waals surface area contributed by atoms with Crippen molar-refractivity contribution in [1.82, 2.24) is 4.98 Å².